The van der Waals surface area contributed by atoms with Crippen LogP contribution in [-0.4, -0.2) is 28.0 Å². The van der Waals surface area contributed by atoms with Gasteiger partial charge in [-0.1, -0.05) is 15.9 Å². The number of carbonyl (C=O) groups is 2. The van der Waals surface area contributed by atoms with Gasteiger partial charge in [0.2, 0.25) is 0 Å². The van der Waals surface area contributed by atoms with Crippen molar-refractivity contribution in [3.63, 3.8) is 0 Å². The number of hydrogen-bond donors (Lipinski definition) is 1. The van der Waals surface area contributed by atoms with Gasteiger partial charge in [0, 0.05) is 5.92 Å². The molecule has 3 aliphatic rings. The van der Waals surface area contributed by atoms with Crippen LogP contribution in [0, 0.1) is 23.7 Å². The molecule has 2 aliphatic carbocycles. The molecule has 0 aromatic carbocycles. The molecule has 1 heterocycles. The molecule has 1 N–H and O–H groups in total. The van der Waals surface area contributed by atoms with E-state index >= 15 is 0 Å². The Labute approximate surface area is 88.7 Å². The van der Waals surface area contributed by atoms with Crippen LogP contribution in [0.15, 0.2) is 0 Å². The molecule has 14 heavy (non-hydrogen) atoms. The van der Waals surface area contributed by atoms with Crippen molar-refractivity contribution in [2.45, 2.75) is 17.4 Å². The predicted molar refractivity (Wildman–Crippen MR) is 48.8 cm³/mol. The molecule has 0 amide bonds. The summed E-state index contributed by atoms with van der Waals surface area (Å²) in [7, 11) is 0. The van der Waals surface area contributed by atoms with E-state index in [4.69, 9.17) is 9.84 Å². The Bertz CT molecular complexity index is 329. The van der Waals surface area contributed by atoms with Crippen LogP contribution < -0.4 is 0 Å². The van der Waals surface area contributed by atoms with E-state index in [0.717, 1.165) is 6.42 Å². The zero-order valence-corrected chi connectivity index (χ0v) is 8.81. The fourth-order valence-electron chi connectivity index (χ4n) is 3.31. The van der Waals surface area contributed by atoms with Crippen LogP contribution in [0.25, 0.3) is 0 Å². The molecule has 2 saturated carbocycles. The number of halogens is 1. The maximum Gasteiger partial charge on any atom is 0.310 e. The lowest BCUT2D eigenvalue weighted by atomic mass is 9.80. The smallest absolute Gasteiger partial charge is 0.310 e. The van der Waals surface area contributed by atoms with Crippen molar-refractivity contribution in [1.82, 2.24) is 0 Å². The number of fused-ring (bicyclic) bond motifs is 1. The van der Waals surface area contributed by atoms with E-state index in [9.17, 15) is 9.59 Å². The molecule has 5 heteroatoms. The van der Waals surface area contributed by atoms with Crippen molar-refractivity contribution in [1.29, 1.82) is 0 Å². The van der Waals surface area contributed by atoms with Crippen LogP contribution in [0.2, 0.25) is 0 Å². The number of carboxylic acid groups (broad SMARTS) is 1. The third-order valence-corrected chi connectivity index (χ3v) is 5.01. The van der Waals surface area contributed by atoms with E-state index in [0.29, 0.717) is 0 Å². The number of rotatable bonds is 1. The first-order valence-corrected chi connectivity index (χ1v) is 5.60. The maximum atomic E-state index is 11.4. The summed E-state index contributed by atoms with van der Waals surface area (Å²) in [6.45, 7) is 0. The number of ether oxygens (including phenoxy) is 1. The summed E-state index contributed by atoms with van der Waals surface area (Å²) in [4.78, 5) is 22.5. The van der Waals surface area contributed by atoms with Gasteiger partial charge < -0.3 is 9.84 Å². The van der Waals surface area contributed by atoms with Crippen molar-refractivity contribution >= 4 is 27.9 Å². The largest absolute Gasteiger partial charge is 0.481 e. The number of hydrogen-bond acceptors (Lipinski definition) is 3. The first kappa shape index (κ1) is 8.71. The molecule has 0 unspecified atom stereocenters. The quantitative estimate of drug-likeness (QED) is 0.555. The highest BCUT2D eigenvalue weighted by Gasteiger charge is 2.67. The van der Waals surface area contributed by atoms with Crippen molar-refractivity contribution in [2.24, 2.45) is 23.7 Å². The Kier molecular flexibility index (Phi) is 1.56. The number of aliphatic carboxylic acids is 1. The Morgan fingerprint density at radius 1 is 1.50 bits per heavy atom. The zero-order chi connectivity index (χ0) is 10.0. The molecule has 0 spiro atoms. The van der Waals surface area contributed by atoms with Crippen LogP contribution in [0.1, 0.15) is 6.42 Å². The SMILES string of the molecule is O=C(O)[C@@H]1[C@H]2C[C@H]3[C@H](OC(=O)[C@H]31)[C@@H]2Br. The van der Waals surface area contributed by atoms with Gasteiger partial charge >= 0.3 is 11.9 Å². The number of carboxylic acids is 1. The highest BCUT2D eigenvalue weighted by molar-refractivity contribution is 9.09. The fraction of sp³-hybridized carbons (Fsp3) is 0.778. The van der Waals surface area contributed by atoms with Gasteiger partial charge in [-0.15, -0.1) is 0 Å². The lowest BCUT2D eigenvalue weighted by molar-refractivity contribution is -0.151. The molecule has 4 nitrogen and oxygen atoms in total. The van der Waals surface area contributed by atoms with Gasteiger partial charge in [0.25, 0.3) is 0 Å². The van der Waals surface area contributed by atoms with Crippen molar-refractivity contribution in [3.8, 4) is 0 Å². The molecule has 2 bridgehead atoms. The standard InChI is InChI=1S/C9H9BrO4/c10-6-2-1-3-5(4(2)8(11)12)9(13)14-7(3)6/h2-7H,1H2,(H,11,12)/t2-,3-,4-,5-,6-,7+/m1/s1. The summed E-state index contributed by atoms with van der Waals surface area (Å²) in [6, 6.07) is 0. The van der Waals surface area contributed by atoms with Crippen LogP contribution in [-0.2, 0) is 14.3 Å². The minimum absolute atomic E-state index is 0.0382. The molecular formula is C9H9BrO4. The molecule has 0 aromatic rings. The third kappa shape index (κ3) is 0.798. The van der Waals surface area contributed by atoms with E-state index < -0.39 is 11.9 Å². The Hall–Kier alpha value is -0.580. The molecule has 0 aromatic heterocycles. The Morgan fingerprint density at radius 3 is 2.86 bits per heavy atom. The first-order valence-electron chi connectivity index (χ1n) is 4.68. The summed E-state index contributed by atoms with van der Waals surface area (Å²) >= 11 is 3.44. The van der Waals surface area contributed by atoms with E-state index in [1.54, 1.807) is 0 Å². The second-order valence-corrected chi connectivity index (χ2v) is 5.36. The molecule has 6 atom stereocenters. The number of carbonyl (C=O) groups excluding carboxylic acids is 1. The van der Waals surface area contributed by atoms with E-state index in [2.05, 4.69) is 15.9 Å². The minimum Gasteiger partial charge on any atom is -0.481 e. The molecule has 0 radical (unpaired) electrons. The molecular weight excluding hydrogens is 252 g/mol. The summed E-state index contributed by atoms with van der Waals surface area (Å²) in [5.41, 5.74) is 0. The third-order valence-electron chi connectivity index (χ3n) is 3.81. The van der Waals surface area contributed by atoms with Crippen LogP contribution in [0.3, 0.4) is 0 Å². The van der Waals surface area contributed by atoms with Gasteiger partial charge in [0.05, 0.1) is 16.7 Å². The Morgan fingerprint density at radius 2 is 2.21 bits per heavy atom. The van der Waals surface area contributed by atoms with Gasteiger partial charge in [0.15, 0.2) is 0 Å². The predicted octanol–water partition coefficient (Wildman–Crippen LogP) is 0.642. The van der Waals surface area contributed by atoms with Crippen LogP contribution in [0.4, 0.5) is 0 Å². The molecule has 1 saturated heterocycles. The normalized spacial score (nSPS) is 53.6. The van der Waals surface area contributed by atoms with Gasteiger partial charge in [-0.2, -0.15) is 0 Å². The Balaban J connectivity index is 2.04. The average Bonchev–Trinajstić information content (AvgIpc) is 2.67. The van der Waals surface area contributed by atoms with Gasteiger partial charge in [-0.05, 0) is 12.3 Å². The van der Waals surface area contributed by atoms with E-state index in [1.807, 2.05) is 0 Å². The van der Waals surface area contributed by atoms with Gasteiger partial charge in [-0.25, -0.2) is 0 Å². The van der Waals surface area contributed by atoms with Crippen LogP contribution in [0.5, 0.6) is 0 Å². The summed E-state index contributed by atoms with van der Waals surface area (Å²) in [6.07, 6.45) is 0.738. The summed E-state index contributed by atoms with van der Waals surface area (Å²) < 4.78 is 5.18. The highest BCUT2D eigenvalue weighted by atomic mass is 79.9. The molecule has 76 valence electrons. The van der Waals surface area contributed by atoms with Gasteiger partial charge in [0.1, 0.15) is 6.10 Å². The molecule has 3 rings (SSSR count). The fourth-order valence-corrected chi connectivity index (χ4v) is 4.35. The van der Waals surface area contributed by atoms with E-state index in [-0.39, 0.29) is 34.7 Å². The lowest BCUT2D eigenvalue weighted by Gasteiger charge is -2.25. The monoisotopic (exact) mass is 260 g/mol. The minimum atomic E-state index is -0.857. The van der Waals surface area contributed by atoms with Gasteiger partial charge in [-0.3, -0.25) is 9.59 Å². The summed E-state index contributed by atoms with van der Waals surface area (Å²) in [5.74, 6) is -1.87. The number of alkyl halides is 1. The maximum absolute atomic E-state index is 11.4. The topological polar surface area (TPSA) is 63.6 Å². The molecule has 1 aliphatic heterocycles. The van der Waals surface area contributed by atoms with Crippen molar-refractivity contribution in [3.05, 3.63) is 0 Å². The van der Waals surface area contributed by atoms with Crippen molar-refractivity contribution in [2.75, 3.05) is 0 Å². The summed E-state index contributed by atoms with van der Waals surface area (Å²) in [5, 5.41) is 9.06. The molecule has 3 fully saturated rings. The lowest BCUT2D eigenvalue weighted by Crippen LogP contribution is -2.37. The zero-order valence-electron chi connectivity index (χ0n) is 7.22. The van der Waals surface area contributed by atoms with Crippen molar-refractivity contribution < 1.29 is 19.4 Å². The average molecular weight is 261 g/mol. The second-order valence-electron chi connectivity index (χ2n) is 4.30. The number of esters is 1. The van der Waals surface area contributed by atoms with Crippen LogP contribution >= 0.6 is 15.9 Å². The van der Waals surface area contributed by atoms with E-state index in [1.165, 1.54) is 0 Å². The highest BCUT2D eigenvalue weighted by Crippen LogP contribution is 2.59. The second kappa shape index (κ2) is 2.51. The first-order chi connectivity index (χ1) is 6.61.